The maximum Gasteiger partial charge on any atom is 0.175 e. The van der Waals surface area contributed by atoms with E-state index in [4.69, 9.17) is 9.72 Å². The maximum atomic E-state index is 11.9. The molecule has 1 aromatic carbocycles. The largest absolute Gasteiger partial charge is 0.495 e. The lowest BCUT2D eigenvalue weighted by molar-refractivity contribution is 0.249. The zero-order chi connectivity index (χ0) is 25.3. The van der Waals surface area contributed by atoms with Gasteiger partial charge >= 0.3 is 0 Å². The summed E-state index contributed by atoms with van der Waals surface area (Å²) in [6, 6.07) is 15.3. The first kappa shape index (κ1) is 23.8. The van der Waals surface area contributed by atoms with E-state index in [2.05, 4.69) is 21.0 Å². The van der Waals surface area contributed by atoms with Crippen LogP contribution in [0.25, 0.3) is 16.6 Å². The molecular formula is C26H26N6O3S. The van der Waals surface area contributed by atoms with Crippen molar-refractivity contribution in [2.45, 2.75) is 11.4 Å². The quantitative estimate of drug-likeness (QED) is 0.396. The van der Waals surface area contributed by atoms with Crippen LogP contribution in [0.5, 0.6) is 5.75 Å². The third kappa shape index (κ3) is 4.76. The van der Waals surface area contributed by atoms with Crippen LogP contribution in [0.1, 0.15) is 11.1 Å². The minimum Gasteiger partial charge on any atom is -0.495 e. The highest BCUT2D eigenvalue weighted by atomic mass is 32.2. The number of methoxy groups -OCH3 is 1. The van der Waals surface area contributed by atoms with Gasteiger partial charge in [-0.15, -0.1) is 0 Å². The number of anilines is 1. The number of piperazine rings is 1. The van der Waals surface area contributed by atoms with E-state index in [1.165, 1.54) is 6.26 Å². The van der Waals surface area contributed by atoms with Crippen LogP contribution >= 0.6 is 0 Å². The summed E-state index contributed by atoms with van der Waals surface area (Å²) >= 11 is 0. The lowest BCUT2D eigenvalue weighted by atomic mass is 10.1. The molecule has 9 nitrogen and oxygen atoms in total. The van der Waals surface area contributed by atoms with Crippen LogP contribution in [0.15, 0.2) is 66.0 Å². The molecule has 10 heteroatoms. The van der Waals surface area contributed by atoms with E-state index < -0.39 is 9.84 Å². The van der Waals surface area contributed by atoms with E-state index in [9.17, 15) is 13.7 Å². The molecule has 36 heavy (non-hydrogen) atoms. The molecule has 4 aromatic rings. The van der Waals surface area contributed by atoms with E-state index in [-0.39, 0.29) is 0 Å². The summed E-state index contributed by atoms with van der Waals surface area (Å²) in [7, 11) is -1.61. The fourth-order valence-electron chi connectivity index (χ4n) is 4.51. The molecule has 5 rings (SSSR count). The highest BCUT2D eigenvalue weighted by Crippen LogP contribution is 2.31. The number of sulfone groups is 1. The summed E-state index contributed by atoms with van der Waals surface area (Å²) < 4.78 is 30.8. The molecule has 0 amide bonds. The molecule has 4 heterocycles. The minimum absolute atomic E-state index is 0.356. The van der Waals surface area contributed by atoms with Crippen LogP contribution in [0.3, 0.4) is 0 Å². The van der Waals surface area contributed by atoms with E-state index in [1.807, 2.05) is 30.5 Å². The van der Waals surface area contributed by atoms with Gasteiger partial charge in [0.2, 0.25) is 0 Å². The Kier molecular flexibility index (Phi) is 6.35. The molecule has 0 spiro atoms. The highest BCUT2D eigenvalue weighted by Gasteiger charge is 2.20. The molecule has 0 bridgehead atoms. The number of fused-ring (bicyclic) bond motifs is 1. The normalized spacial score (nSPS) is 14.6. The van der Waals surface area contributed by atoms with Crippen LogP contribution in [-0.4, -0.2) is 67.5 Å². The van der Waals surface area contributed by atoms with Crippen molar-refractivity contribution in [1.82, 2.24) is 19.5 Å². The lowest BCUT2D eigenvalue weighted by Crippen LogP contribution is -2.46. The van der Waals surface area contributed by atoms with Gasteiger partial charge in [-0.2, -0.15) is 10.4 Å². The van der Waals surface area contributed by atoms with Gasteiger partial charge in [0.25, 0.3) is 0 Å². The van der Waals surface area contributed by atoms with Crippen molar-refractivity contribution >= 4 is 21.2 Å². The second-order valence-electron chi connectivity index (χ2n) is 8.84. The Bertz CT molecular complexity index is 1550. The first-order valence-electron chi connectivity index (χ1n) is 11.5. The minimum atomic E-state index is -3.21. The third-order valence-electron chi connectivity index (χ3n) is 6.43. The van der Waals surface area contributed by atoms with Crippen LogP contribution in [0.2, 0.25) is 0 Å². The van der Waals surface area contributed by atoms with Crippen molar-refractivity contribution in [3.63, 3.8) is 0 Å². The van der Waals surface area contributed by atoms with Crippen LogP contribution < -0.4 is 9.64 Å². The number of nitriles is 1. The third-order valence-corrected chi connectivity index (χ3v) is 7.54. The Balaban J connectivity index is 1.29. The van der Waals surface area contributed by atoms with Crippen LogP contribution in [-0.2, 0) is 16.4 Å². The monoisotopic (exact) mass is 502 g/mol. The molecule has 0 radical (unpaired) electrons. The number of nitrogens with zero attached hydrogens (tertiary/aromatic N) is 6. The van der Waals surface area contributed by atoms with Gasteiger partial charge in [-0.1, -0.05) is 12.1 Å². The van der Waals surface area contributed by atoms with E-state index in [1.54, 1.807) is 42.2 Å². The Morgan fingerprint density at radius 2 is 1.89 bits per heavy atom. The predicted octanol–water partition coefficient (Wildman–Crippen LogP) is 3.00. The number of aromatic nitrogens is 3. The fourth-order valence-corrected chi connectivity index (χ4v) is 5.20. The molecule has 1 aliphatic heterocycles. The number of ether oxygens (including phenoxy) is 1. The Hall–Kier alpha value is -3.94. The molecule has 0 unspecified atom stereocenters. The number of hydrogen-bond donors (Lipinski definition) is 0. The predicted molar refractivity (Wildman–Crippen MR) is 137 cm³/mol. The average Bonchev–Trinajstić information content (AvgIpc) is 3.31. The van der Waals surface area contributed by atoms with Crippen LogP contribution in [0.4, 0.5) is 5.82 Å². The summed E-state index contributed by atoms with van der Waals surface area (Å²) in [4.78, 5) is 9.64. The molecular weight excluding hydrogens is 476 g/mol. The van der Waals surface area contributed by atoms with Gasteiger partial charge in [-0.25, -0.2) is 17.9 Å². The lowest BCUT2D eigenvalue weighted by Gasteiger charge is -2.35. The molecule has 0 aliphatic carbocycles. The highest BCUT2D eigenvalue weighted by molar-refractivity contribution is 7.90. The Morgan fingerprint density at radius 1 is 1.08 bits per heavy atom. The summed E-state index contributed by atoms with van der Waals surface area (Å²) in [5.41, 5.74) is 3.93. The number of rotatable bonds is 6. The summed E-state index contributed by atoms with van der Waals surface area (Å²) in [5, 5.41) is 13.8. The van der Waals surface area contributed by atoms with Crippen molar-refractivity contribution in [2.24, 2.45) is 0 Å². The van der Waals surface area contributed by atoms with Crippen molar-refractivity contribution in [3.05, 3.63) is 72.2 Å². The van der Waals surface area contributed by atoms with Crippen molar-refractivity contribution in [3.8, 4) is 22.9 Å². The molecule has 184 valence electrons. The maximum absolute atomic E-state index is 11.9. The molecule has 0 atom stereocenters. The standard InChI is InChI=1S/C26H26N6O3S/c1-35-22-13-24(26-21(14-27)16-29-32(26)18-22)20-6-7-25(28-15-20)31-10-8-30(9-11-31)17-19-4-3-5-23(12-19)36(2,33)34/h3-7,12-13,15-16,18H,8-11,17H2,1-2H3. The van der Waals surface area contributed by atoms with E-state index >= 15 is 0 Å². The van der Waals surface area contributed by atoms with Gasteiger partial charge < -0.3 is 9.64 Å². The molecule has 1 saturated heterocycles. The zero-order valence-corrected chi connectivity index (χ0v) is 20.9. The van der Waals surface area contributed by atoms with Gasteiger partial charge in [0.05, 0.1) is 35.5 Å². The van der Waals surface area contributed by atoms with E-state index in [0.717, 1.165) is 54.2 Å². The first-order chi connectivity index (χ1) is 17.4. The summed E-state index contributed by atoms with van der Waals surface area (Å²) in [6.45, 7) is 4.06. The molecule has 3 aromatic heterocycles. The van der Waals surface area contributed by atoms with Gasteiger partial charge in [0.15, 0.2) is 9.84 Å². The zero-order valence-electron chi connectivity index (χ0n) is 20.1. The number of hydrogen-bond acceptors (Lipinski definition) is 8. The fraction of sp³-hybridized carbons (Fsp3) is 0.269. The van der Waals surface area contributed by atoms with Crippen molar-refractivity contribution < 1.29 is 13.2 Å². The molecule has 0 saturated carbocycles. The topological polar surface area (TPSA) is 104 Å². The molecule has 0 N–H and O–H groups in total. The van der Waals surface area contributed by atoms with Gasteiger partial charge in [0, 0.05) is 56.3 Å². The molecule has 1 aliphatic rings. The van der Waals surface area contributed by atoms with Crippen LogP contribution in [0, 0.1) is 11.3 Å². The van der Waals surface area contributed by atoms with Gasteiger partial charge in [-0.05, 0) is 35.9 Å². The summed E-state index contributed by atoms with van der Waals surface area (Å²) in [5.74, 6) is 1.54. The number of pyridine rings is 2. The average molecular weight is 503 g/mol. The van der Waals surface area contributed by atoms with Gasteiger partial charge in [-0.3, -0.25) is 4.90 Å². The Morgan fingerprint density at radius 3 is 2.56 bits per heavy atom. The first-order valence-corrected chi connectivity index (χ1v) is 13.4. The van der Waals surface area contributed by atoms with Crippen molar-refractivity contribution in [2.75, 3.05) is 44.4 Å². The SMILES string of the molecule is COc1cc(-c2ccc(N3CCN(Cc4cccc(S(C)(=O)=O)c4)CC3)nc2)c2c(C#N)cnn2c1. The second-order valence-corrected chi connectivity index (χ2v) is 10.9. The second kappa shape index (κ2) is 9.60. The van der Waals surface area contributed by atoms with Gasteiger partial charge in [0.1, 0.15) is 17.6 Å². The smallest absolute Gasteiger partial charge is 0.175 e. The van der Waals surface area contributed by atoms with E-state index in [0.29, 0.717) is 22.8 Å². The van der Waals surface area contributed by atoms with Crippen molar-refractivity contribution in [1.29, 1.82) is 5.26 Å². The Labute approximate surface area is 210 Å². The summed E-state index contributed by atoms with van der Waals surface area (Å²) in [6.07, 6.45) is 6.36. The molecule has 1 fully saturated rings. The number of benzene rings is 1.